The van der Waals surface area contributed by atoms with Gasteiger partial charge in [0.15, 0.2) is 0 Å². The Balaban J connectivity index is 1.79. The van der Waals surface area contributed by atoms with Gasteiger partial charge in [-0.3, -0.25) is 4.79 Å². The summed E-state index contributed by atoms with van der Waals surface area (Å²) in [5.41, 5.74) is 2.94. The predicted molar refractivity (Wildman–Crippen MR) is 88.8 cm³/mol. The molecule has 3 rings (SSSR count). The van der Waals surface area contributed by atoms with E-state index in [1.807, 2.05) is 24.3 Å². The number of hydrazone groups is 1. The maximum absolute atomic E-state index is 11.9. The summed E-state index contributed by atoms with van der Waals surface area (Å²) in [6.45, 7) is 0. The lowest BCUT2D eigenvalue weighted by atomic mass is 10.1. The largest absolute Gasteiger partial charge is 0.507 e. The molecule has 0 unspecified atom stereocenters. The van der Waals surface area contributed by atoms with Crippen molar-refractivity contribution < 1.29 is 15.0 Å². The maximum atomic E-state index is 11.9. The first-order valence-electron chi connectivity index (χ1n) is 6.98. The number of nitrogens with zero attached hydrogens (tertiary/aromatic N) is 1. The van der Waals surface area contributed by atoms with Crippen LogP contribution in [-0.4, -0.2) is 22.3 Å². The molecular weight excluding hydrogens is 292 g/mol. The van der Waals surface area contributed by atoms with E-state index in [0.717, 1.165) is 10.8 Å². The number of phenolic OH excluding ortho intramolecular Hbond substituents is 2. The average Bonchev–Trinajstić information content (AvgIpc) is 2.55. The molecule has 0 aliphatic carbocycles. The number of carbonyl (C=O) groups is 1. The van der Waals surface area contributed by atoms with Crippen molar-refractivity contribution in [1.29, 1.82) is 0 Å². The number of rotatable bonds is 3. The van der Waals surface area contributed by atoms with Crippen molar-refractivity contribution in [3.8, 4) is 11.5 Å². The van der Waals surface area contributed by atoms with Crippen LogP contribution < -0.4 is 5.43 Å². The fourth-order valence-corrected chi connectivity index (χ4v) is 2.24. The zero-order valence-corrected chi connectivity index (χ0v) is 12.1. The van der Waals surface area contributed by atoms with Crippen molar-refractivity contribution in [2.24, 2.45) is 5.10 Å². The highest BCUT2D eigenvalue weighted by Crippen LogP contribution is 2.23. The fraction of sp³-hybridized carbons (Fsp3) is 0. The van der Waals surface area contributed by atoms with Gasteiger partial charge in [-0.15, -0.1) is 0 Å². The van der Waals surface area contributed by atoms with Crippen LogP contribution in [0.3, 0.4) is 0 Å². The maximum Gasteiger partial charge on any atom is 0.275 e. The minimum Gasteiger partial charge on any atom is -0.507 e. The average molecular weight is 306 g/mol. The van der Waals surface area contributed by atoms with Gasteiger partial charge >= 0.3 is 0 Å². The molecule has 0 aromatic heterocycles. The topological polar surface area (TPSA) is 81.9 Å². The second-order valence-electron chi connectivity index (χ2n) is 4.97. The van der Waals surface area contributed by atoms with Crippen LogP contribution in [0, 0.1) is 0 Å². The lowest BCUT2D eigenvalue weighted by molar-refractivity contribution is 0.0952. The molecule has 0 spiro atoms. The minimum atomic E-state index is -0.528. The molecule has 5 heteroatoms. The summed E-state index contributed by atoms with van der Waals surface area (Å²) in [5, 5.41) is 25.3. The van der Waals surface area contributed by atoms with E-state index < -0.39 is 5.91 Å². The molecule has 3 N–H and O–H groups in total. The van der Waals surface area contributed by atoms with Crippen LogP contribution in [0.5, 0.6) is 11.5 Å². The highest BCUT2D eigenvalue weighted by Gasteiger charge is 2.08. The summed E-state index contributed by atoms with van der Waals surface area (Å²) in [4.78, 5) is 11.9. The molecule has 0 aliphatic rings. The molecule has 0 atom stereocenters. The number of hydrogen-bond acceptors (Lipinski definition) is 4. The molecule has 0 fully saturated rings. The number of amides is 1. The highest BCUT2D eigenvalue weighted by atomic mass is 16.3. The Hall–Kier alpha value is -3.34. The number of aromatic hydroxyl groups is 2. The summed E-state index contributed by atoms with van der Waals surface area (Å²) < 4.78 is 0. The zero-order chi connectivity index (χ0) is 16.2. The van der Waals surface area contributed by atoms with Gasteiger partial charge in [-0.25, -0.2) is 5.43 Å². The first-order chi connectivity index (χ1) is 11.1. The highest BCUT2D eigenvalue weighted by molar-refractivity contribution is 5.98. The van der Waals surface area contributed by atoms with Crippen LogP contribution in [0.1, 0.15) is 15.9 Å². The summed E-state index contributed by atoms with van der Waals surface area (Å²) in [5.74, 6) is -0.572. The van der Waals surface area contributed by atoms with Crippen LogP contribution in [0.25, 0.3) is 10.8 Å². The van der Waals surface area contributed by atoms with Crippen molar-refractivity contribution in [2.75, 3.05) is 0 Å². The number of phenols is 2. The molecule has 5 nitrogen and oxygen atoms in total. The van der Waals surface area contributed by atoms with Crippen molar-refractivity contribution in [3.05, 3.63) is 71.8 Å². The summed E-state index contributed by atoms with van der Waals surface area (Å²) in [6.07, 6.45) is 1.36. The normalized spacial score (nSPS) is 11.0. The molecule has 0 radical (unpaired) electrons. The Labute approximate surface area is 132 Å². The number of carbonyl (C=O) groups excluding carboxylic acids is 1. The quantitative estimate of drug-likeness (QED) is 0.514. The first kappa shape index (κ1) is 14.6. The lowest BCUT2D eigenvalue weighted by Gasteiger charge is -2.04. The third kappa shape index (κ3) is 3.13. The second-order valence-corrected chi connectivity index (χ2v) is 4.97. The molecule has 3 aromatic carbocycles. The predicted octanol–water partition coefficient (Wildman–Crippen LogP) is 3.01. The molecule has 0 saturated heterocycles. The molecule has 0 bridgehead atoms. The zero-order valence-electron chi connectivity index (χ0n) is 12.1. The van der Waals surface area contributed by atoms with Crippen molar-refractivity contribution in [2.45, 2.75) is 0 Å². The van der Waals surface area contributed by atoms with Crippen molar-refractivity contribution >= 4 is 22.9 Å². The Kier molecular flexibility index (Phi) is 3.93. The summed E-state index contributed by atoms with van der Waals surface area (Å²) in [7, 11) is 0. The monoisotopic (exact) mass is 306 g/mol. The Morgan fingerprint density at radius 2 is 1.57 bits per heavy atom. The van der Waals surface area contributed by atoms with Crippen LogP contribution in [0.4, 0.5) is 0 Å². The number of para-hydroxylation sites is 1. The van der Waals surface area contributed by atoms with E-state index in [-0.39, 0.29) is 17.1 Å². The number of nitrogens with one attached hydrogen (secondary N) is 1. The van der Waals surface area contributed by atoms with Gasteiger partial charge in [0.25, 0.3) is 5.91 Å². The van der Waals surface area contributed by atoms with E-state index >= 15 is 0 Å². The van der Waals surface area contributed by atoms with Gasteiger partial charge < -0.3 is 10.2 Å². The van der Waals surface area contributed by atoms with Crippen LogP contribution in [0.15, 0.2) is 65.8 Å². The molecular formula is C18H14N2O3. The van der Waals surface area contributed by atoms with Gasteiger partial charge in [-0.1, -0.05) is 36.4 Å². The van der Waals surface area contributed by atoms with E-state index in [1.165, 1.54) is 18.3 Å². The van der Waals surface area contributed by atoms with E-state index in [2.05, 4.69) is 10.5 Å². The molecule has 0 saturated carbocycles. The van der Waals surface area contributed by atoms with Crippen LogP contribution in [0.2, 0.25) is 0 Å². The second kappa shape index (κ2) is 6.19. The number of benzene rings is 3. The van der Waals surface area contributed by atoms with E-state index in [4.69, 9.17) is 0 Å². The Bertz CT molecular complexity index is 904. The molecule has 1 amide bonds. The smallest absolute Gasteiger partial charge is 0.275 e. The molecule has 23 heavy (non-hydrogen) atoms. The molecule has 0 aliphatic heterocycles. The molecule has 3 aromatic rings. The third-order valence-corrected chi connectivity index (χ3v) is 3.41. The van der Waals surface area contributed by atoms with E-state index in [0.29, 0.717) is 5.56 Å². The van der Waals surface area contributed by atoms with Crippen molar-refractivity contribution in [3.63, 3.8) is 0 Å². The number of fused-ring (bicyclic) bond motifs is 1. The Morgan fingerprint density at radius 1 is 0.913 bits per heavy atom. The summed E-state index contributed by atoms with van der Waals surface area (Å²) >= 11 is 0. The Morgan fingerprint density at radius 3 is 2.30 bits per heavy atom. The molecule has 0 heterocycles. The van der Waals surface area contributed by atoms with Gasteiger partial charge in [-0.2, -0.15) is 5.10 Å². The molecule has 114 valence electrons. The van der Waals surface area contributed by atoms with Gasteiger partial charge in [-0.05, 0) is 35.0 Å². The van der Waals surface area contributed by atoms with Crippen LogP contribution >= 0.6 is 0 Å². The van der Waals surface area contributed by atoms with Gasteiger partial charge in [0.2, 0.25) is 0 Å². The first-order valence-corrected chi connectivity index (χ1v) is 6.98. The van der Waals surface area contributed by atoms with Gasteiger partial charge in [0.05, 0.1) is 11.8 Å². The lowest BCUT2D eigenvalue weighted by Crippen LogP contribution is -2.17. The third-order valence-electron chi connectivity index (χ3n) is 3.41. The minimum absolute atomic E-state index is 0.0734. The van der Waals surface area contributed by atoms with Gasteiger partial charge in [0, 0.05) is 5.56 Å². The van der Waals surface area contributed by atoms with E-state index in [9.17, 15) is 15.0 Å². The SMILES string of the molecule is O=C(N/N=C/c1cc2ccccc2cc1O)c1ccccc1O. The standard InChI is InChI=1S/C18H14N2O3/c21-16-8-4-3-7-15(16)18(23)20-19-11-14-9-12-5-1-2-6-13(12)10-17(14)22/h1-11,21-22H,(H,20,23)/b19-11+. The van der Waals surface area contributed by atoms with E-state index in [1.54, 1.807) is 24.3 Å². The summed E-state index contributed by atoms with van der Waals surface area (Å²) in [6, 6.07) is 17.2. The number of hydrogen-bond donors (Lipinski definition) is 3. The van der Waals surface area contributed by atoms with Crippen LogP contribution in [-0.2, 0) is 0 Å². The van der Waals surface area contributed by atoms with Gasteiger partial charge in [0.1, 0.15) is 11.5 Å². The van der Waals surface area contributed by atoms with Crippen molar-refractivity contribution in [1.82, 2.24) is 5.43 Å². The fourth-order valence-electron chi connectivity index (χ4n) is 2.24.